The molecule has 0 unspecified atom stereocenters. The minimum absolute atomic E-state index is 0. The van der Waals surface area contributed by atoms with E-state index in [-0.39, 0.29) is 30.7 Å². The average Bonchev–Trinajstić information content (AvgIpc) is 3.71. The first-order valence-corrected chi connectivity index (χ1v) is 15.5. The van der Waals surface area contributed by atoms with Crippen LogP contribution in [0.1, 0.15) is 81.6 Å². The molecule has 0 aromatic carbocycles. The summed E-state index contributed by atoms with van der Waals surface area (Å²) in [5.74, 6) is 1.29. The Hall–Kier alpha value is -4.55. The molecule has 0 atom stereocenters. The molecule has 2 N–H and O–H groups in total. The number of hydrogen-bond donors (Lipinski definition) is 1. The van der Waals surface area contributed by atoms with Crippen molar-refractivity contribution in [3.05, 3.63) is 43.0 Å². The largest absolute Gasteiger partial charge is 0.469 e. The lowest BCUT2D eigenvalue weighted by Gasteiger charge is -2.37. The van der Waals surface area contributed by atoms with E-state index in [1.54, 1.807) is 27.8 Å². The highest BCUT2D eigenvalue weighted by atomic mass is 16.5. The summed E-state index contributed by atoms with van der Waals surface area (Å²) in [7, 11) is 1.43. The second kappa shape index (κ2) is 16.7. The number of carbonyl (C=O) groups is 2. The molecule has 13 heteroatoms. The van der Waals surface area contributed by atoms with Gasteiger partial charge in [-0.2, -0.15) is 14.6 Å². The molecular weight excluding hydrogens is 586 g/mol. The van der Waals surface area contributed by atoms with Crippen molar-refractivity contribution < 1.29 is 19.1 Å². The van der Waals surface area contributed by atoms with Crippen molar-refractivity contribution in [2.24, 2.45) is 10.8 Å². The number of aromatic nitrogens is 7. The number of hydrogen-bond acceptors (Lipinski definition) is 11. The van der Waals surface area contributed by atoms with E-state index in [1.165, 1.54) is 7.11 Å². The van der Waals surface area contributed by atoms with Gasteiger partial charge in [0.25, 0.3) is 0 Å². The van der Waals surface area contributed by atoms with Gasteiger partial charge in [-0.3, -0.25) is 9.59 Å². The summed E-state index contributed by atoms with van der Waals surface area (Å²) in [6, 6.07) is 5.67. The normalized spacial score (nSPS) is 13.8. The molecule has 0 aliphatic carbocycles. The number of pyridine rings is 1. The van der Waals surface area contributed by atoms with Gasteiger partial charge in [0, 0.05) is 43.4 Å². The number of nitrogens with zero attached hydrogens (tertiary/aromatic N) is 8. The molecular formula is C33H51N9O4. The van der Waals surface area contributed by atoms with Crippen LogP contribution in [0, 0.1) is 10.8 Å². The van der Waals surface area contributed by atoms with Crippen molar-refractivity contribution in [2.45, 2.75) is 81.6 Å². The summed E-state index contributed by atoms with van der Waals surface area (Å²) in [4.78, 5) is 38.9. The van der Waals surface area contributed by atoms with Crippen LogP contribution in [0.25, 0.3) is 22.6 Å². The van der Waals surface area contributed by atoms with Crippen molar-refractivity contribution in [1.82, 2.24) is 34.3 Å². The molecule has 0 spiro atoms. The van der Waals surface area contributed by atoms with Gasteiger partial charge in [0.05, 0.1) is 24.5 Å². The standard InChI is InChI=1S/C22H25N9O2.C8H16O2.C2H6.CH4/c1-3-33-19(32)22(2)5-9-29(10-6-22)21-24-13-16(14-25-21)15-11-17-27-20(23)28-31(17)18(12-15)30-8-4-7-26-30;1-5-6-8(2,3)7(9)10-4;1-2;/h4,7-8,11-14H,3,5-6,9-10H2,1-2H3,(H2,23,28);5-6H2,1-4H3;1-2H3;1H4. The van der Waals surface area contributed by atoms with Crippen LogP contribution in [0.15, 0.2) is 43.0 Å². The molecule has 4 aromatic rings. The third kappa shape index (κ3) is 8.79. The SMILES string of the molecule is C.CC.CCCC(C)(C)C(=O)OC.CCOC(=O)C1(C)CCN(c2ncc(-c3cc(-n4cccn4)n4nc(N)nc4c3)cn2)CC1. The van der Waals surface area contributed by atoms with Crippen LogP contribution in [-0.4, -0.2) is 73.1 Å². The second-order valence-electron chi connectivity index (χ2n) is 11.5. The maximum atomic E-state index is 12.3. The van der Waals surface area contributed by atoms with Gasteiger partial charge < -0.3 is 20.1 Å². The van der Waals surface area contributed by atoms with Crippen molar-refractivity contribution in [2.75, 3.05) is 37.4 Å². The third-order valence-electron chi connectivity index (χ3n) is 7.68. The summed E-state index contributed by atoms with van der Waals surface area (Å²) < 4.78 is 13.2. The van der Waals surface area contributed by atoms with E-state index in [0.29, 0.717) is 50.0 Å². The number of anilines is 2. The highest BCUT2D eigenvalue weighted by molar-refractivity contribution is 5.77. The van der Waals surface area contributed by atoms with Gasteiger partial charge in [0.15, 0.2) is 11.5 Å². The molecule has 13 nitrogen and oxygen atoms in total. The Labute approximate surface area is 272 Å². The Bertz CT molecular complexity index is 1520. The minimum Gasteiger partial charge on any atom is -0.469 e. The van der Waals surface area contributed by atoms with Gasteiger partial charge >= 0.3 is 11.9 Å². The first kappa shape index (κ1) is 37.6. The number of methoxy groups -OCH3 is 1. The van der Waals surface area contributed by atoms with E-state index in [4.69, 9.17) is 10.5 Å². The van der Waals surface area contributed by atoms with E-state index in [1.807, 2.05) is 65.9 Å². The van der Waals surface area contributed by atoms with E-state index >= 15 is 0 Å². The summed E-state index contributed by atoms with van der Waals surface area (Å²) in [6.07, 6.45) is 10.4. The molecule has 5 rings (SSSR count). The topological polar surface area (TPSA) is 156 Å². The molecule has 46 heavy (non-hydrogen) atoms. The summed E-state index contributed by atoms with van der Waals surface area (Å²) >= 11 is 0. The smallest absolute Gasteiger partial charge is 0.311 e. The quantitative estimate of drug-likeness (QED) is 0.234. The molecule has 252 valence electrons. The first-order valence-electron chi connectivity index (χ1n) is 15.5. The van der Waals surface area contributed by atoms with Gasteiger partial charge in [-0.25, -0.2) is 14.6 Å². The molecule has 4 aromatic heterocycles. The lowest BCUT2D eigenvalue weighted by molar-refractivity contribution is -0.155. The number of nitrogen functional groups attached to an aromatic ring is 1. The Morgan fingerprint density at radius 3 is 2.26 bits per heavy atom. The van der Waals surface area contributed by atoms with Crippen LogP contribution in [0.3, 0.4) is 0 Å². The number of piperidine rings is 1. The zero-order chi connectivity index (χ0) is 33.2. The molecule has 0 radical (unpaired) electrons. The molecule has 0 bridgehead atoms. The lowest BCUT2D eigenvalue weighted by Crippen LogP contribution is -2.44. The number of esters is 2. The van der Waals surface area contributed by atoms with Crippen LogP contribution in [0.5, 0.6) is 0 Å². The Morgan fingerprint density at radius 1 is 1.07 bits per heavy atom. The van der Waals surface area contributed by atoms with Crippen molar-refractivity contribution >= 4 is 29.5 Å². The number of nitrogens with two attached hydrogens (primary N) is 1. The lowest BCUT2D eigenvalue weighted by atomic mass is 9.80. The van der Waals surface area contributed by atoms with Crippen molar-refractivity contribution in [3.63, 3.8) is 0 Å². The molecule has 0 amide bonds. The van der Waals surface area contributed by atoms with Gasteiger partial charge in [-0.05, 0) is 70.7 Å². The van der Waals surface area contributed by atoms with Crippen LogP contribution in [0.4, 0.5) is 11.9 Å². The molecule has 1 fully saturated rings. The van der Waals surface area contributed by atoms with E-state index in [9.17, 15) is 9.59 Å². The monoisotopic (exact) mass is 637 g/mol. The molecule has 0 saturated carbocycles. The van der Waals surface area contributed by atoms with Crippen LogP contribution in [-0.2, 0) is 19.1 Å². The fourth-order valence-electron chi connectivity index (χ4n) is 5.06. The van der Waals surface area contributed by atoms with Gasteiger partial charge in [0.1, 0.15) is 0 Å². The predicted molar refractivity (Wildman–Crippen MR) is 181 cm³/mol. The highest BCUT2D eigenvalue weighted by Crippen LogP contribution is 2.34. The van der Waals surface area contributed by atoms with Gasteiger partial charge in [-0.1, -0.05) is 34.6 Å². The second-order valence-corrected chi connectivity index (χ2v) is 11.5. The van der Waals surface area contributed by atoms with Crippen molar-refractivity contribution in [3.8, 4) is 16.9 Å². The fraction of sp³-hybridized carbons (Fsp3) is 0.545. The molecule has 1 aliphatic rings. The number of ether oxygens (including phenoxy) is 2. The molecule has 5 heterocycles. The van der Waals surface area contributed by atoms with Crippen molar-refractivity contribution in [1.29, 1.82) is 0 Å². The third-order valence-corrected chi connectivity index (χ3v) is 7.68. The maximum Gasteiger partial charge on any atom is 0.311 e. The van der Waals surface area contributed by atoms with E-state index in [0.717, 1.165) is 24.0 Å². The van der Waals surface area contributed by atoms with Crippen LogP contribution >= 0.6 is 0 Å². The Kier molecular flexibility index (Phi) is 13.6. The van der Waals surface area contributed by atoms with E-state index < -0.39 is 5.41 Å². The van der Waals surface area contributed by atoms with Gasteiger partial charge in [-0.15, -0.1) is 5.10 Å². The average molecular weight is 638 g/mol. The predicted octanol–water partition coefficient (Wildman–Crippen LogP) is 5.77. The van der Waals surface area contributed by atoms with Gasteiger partial charge in [0.2, 0.25) is 11.9 Å². The first-order chi connectivity index (χ1) is 21.5. The maximum absolute atomic E-state index is 12.3. The number of carbonyl (C=O) groups excluding carboxylic acids is 2. The molecule has 1 saturated heterocycles. The number of rotatable bonds is 8. The summed E-state index contributed by atoms with van der Waals surface area (Å²) in [6.45, 7) is 15.5. The number of fused-ring (bicyclic) bond motifs is 1. The zero-order valence-corrected chi connectivity index (χ0v) is 27.8. The van der Waals surface area contributed by atoms with Crippen LogP contribution < -0.4 is 10.6 Å². The van der Waals surface area contributed by atoms with Crippen LogP contribution in [0.2, 0.25) is 0 Å². The summed E-state index contributed by atoms with van der Waals surface area (Å²) in [5, 5.41) is 8.57. The van der Waals surface area contributed by atoms with E-state index in [2.05, 4.69) is 41.7 Å². The minimum atomic E-state index is -0.454. The fourth-order valence-corrected chi connectivity index (χ4v) is 5.06. The summed E-state index contributed by atoms with van der Waals surface area (Å²) in [5.41, 5.74) is 7.39. The Morgan fingerprint density at radius 2 is 1.72 bits per heavy atom. The highest BCUT2D eigenvalue weighted by Gasteiger charge is 2.38. The zero-order valence-electron chi connectivity index (χ0n) is 27.8. The Balaban J connectivity index is 0.000000489. The molecule has 1 aliphatic heterocycles.